The predicted molar refractivity (Wildman–Crippen MR) is 119 cm³/mol. The SMILES string of the molecule is C=C/C(=C\C=C/C)C(=O)NC1CC(C)(C)C(C=O)C(C(=O)CCC)[C@@]1(C)CCC. The van der Waals surface area contributed by atoms with Crippen LogP contribution in [0.2, 0.25) is 0 Å². The van der Waals surface area contributed by atoms with Crippen molar-refractivity contribution in [3.05, 3.63) is 36.5 Å². The number of hydrogen-bond acceptors (Lipinski definition) is 3. The van der Waals surface area contributed by atoms with E-state index in [1.807, 2.05) is 39.8 Å². The molecule has 162 valence electrons. The van der Waals surface area contributed by atoms with Crippen LogP contribution in [0.3, 0.4) is 0 Å². The Kier molecular flexibility index (Phi) is 9.25. The molecule has 0 aliphatic heterocycles. The van der Waals surface area contributed by atoms with Gasteiger partial charge in [-0.1, -0.05) is 65.8 Å². The normalized spacial score (nSPS) is 29.4. The number of rotatable bonds is 10. The first-order valence-corrected chi connectivity index (χ1v) is 10.9. The maximum absolute atomic E-state index is 13.2. The summed E-state index contributed by atoms with van der Waals surface area (Å²) in [5.41, 5.74) is -0.346. The monoisotopic (exact) mass is 401 g/mol. The molecule has 0 aromatic heterocycles. The molecule has 0 saturated heterocycles. The zero-order valence-corrected chi connectivity index (χ0v) is 19.1. The second-order valence-corrected chi connectivity index (χ2v) is 9.18. The summed E-state index contributed by atoms with van der Waals surface area (Å²) >= 11 is 0. The van der Waals surface area contributed by atoms with Crippen LogP contribution in [0.15, 0.2) is 36.5 Å². The molecule has 1 aliphatic rings. The summed E-state index contributed by atoms with van der Waals surface area (Å²) < 4.78 is 0. The minimum absolute atomic E-state index is 0.140. The topological polar surface area (TPSA) is 63.2 Å². The van der Waals surface area contributed by atoms with Crippen LogP contribution in [0.1, 0.15) is 73.6 Å². The zero-order valence-electron chi connectivity index (χ0n) is 19.1. The Morgan fingerprint density at radius 2 is 1.83 bits per heavy atom. The van der Waals surface area contributed by atoms with E-state index in [0.717, 1.165) is 25.5 Å². The lowest BCUT2D eigenvalue weighted by Crippen LogP contribution is -2.61. The minimum atomic E-state index is -0.468. The Bertz CT molecular complexity index is 674. The Morgan fingerprint density at radius 1 is 1.17 bits per heavy atom. The van der Waals surface area contributed by atoms with Gasteiger partial charge in [-0.05, 0) is 43.1 Å². The maximum atomic E-state index is 13.2. The zero-order chi connectivity index (χ0) is 22.2. The largest absolute Gasteiger partial charge is 0.349 e. The molecule has 0 radical (unpaired) electrons. The van der Waals surface area contributed by atoms with Gasteiger partial charge in [-0.2, -0.15) is 0 Å². The standard InChI is InChI=1S/C25H39NO3/c1-8-12-14-18(11-4)23(29)26-21-16-24(5,6)19(17-27)22(20(28)13-9-2)25(21,7)15-10-3/h8,11-12,14,17,19,21-22H,4,9-10,13,15-16H2,1-3,5-7H3,(H,26,29)/b12-8-,18-14+/t19?,21?,22?,25-/m0/s1. The van der Waals surface area contributed by atoms with Crippen LogP contribution in [-0.2, 0) is 14.4 Å². The van der Waals surface area contributed by atoms with Gasteiger partial charge in [0.15, 0.2) is 0 Å². The first-order valence-electron chi connectivity index (χ1n) is 10.9. The van der Waals surface area contributed by atoms with Gasteiger partial charge in [-0.15, -0.1) is 0 Å². The van der Waals surface area contributed by atoms with Crippen molar-refractivity contribution < 1.29 is 14.4 Å². The number of Topliss-reactive ketones (excluding diaryl/α,β-unsaturated/α-hetero) is 1. The average molecular weight is 402 g/mol. The van der Waals surface area contributed by atoms with Gasteiger partial charge in [0, 0.05) is 29.9 Å². The van der Waals surface area contributed by atoms with E-state index in [4.69, 9.17) is 0 Å². The number of ketones is 1. The van der Waals surface area contributed by atoms with E-state index >= 15 is 0 Å². The Hall–Kier alpha value is -1.97. The van der Waals surface area contributed by atoms with Gasteiger partial charge in [-0.3, -0.25) is 9.59 Å². The van der Waals surface area contributed by atoms with E-state index in [-0.39, 0.29) is 35.0 Å². The van der Waals surface area contributed by atoms with Gasteiger partial charge in [0.2, 0.25) is 0 Å². The van der Waals surface area contributed by atoms with Crippen LogP contribution in [0.5, 0.6) is 0 Å². The fourth-order valence-electron chi connectivity index (χ4n) is 4.97. The first-order chi connectivity index (χ1) is 13.6. The van der Waals surface area contributed by atoms with Gasteiger partial charge in [0.1, 0.15) is 12.1 Å². The molecular weight excluding hydrogens is 362 g/mol. The summed E-state index contributed by atoms with van der Waals surface area (Å²) in [4.78, 5) is 38.3. The molecule has 1 saturated carbocycles. The Morgan fingerprint density at radius 3 is 2.31 bits per heavy atom. The molecule has 29 heavy (non-hydrogen) atoms. The van der Waals surface area contributed by atoms with Crippen molar-refractivity contribution in [1.82, 2.24) is 5.32 Å². The van der Waals surface area contributed by atoms with Gasteiger partial charge >= 0.3 is 0 Å². The maximum Gasteiger partial charge on any atom is 0.251 e. The van der Waals surface area contributed by atoms with E-state index < -0.39 is 5.41 Å². The van der Waals surface area contributed by atoms with Crippen LogP contribution in [0, 0.1) is 22.7 Å². The molecule has 0 aromatic rings. The second-order valence-electron chi connectivity index (χ2n) is 9.18. The smallest absolute Gasteiger partial charge is 0.251 e. The van der Waals surface area contributed by atoms with Crippen molar-refractivity contribution in [2.75, 3.05) is 0 Å². The summed E-state index contributed by atoms with van der Waals surface area (Å²) in [6.45, 7) is 15.9. The van der Waals surface area contributed by atoms with Crippen molar-refractivity contribution >= 4 is 18.0 Å². The van der Waals surface area contributed by atoms with E-state index in [0.29, 0.717) is 18.4 Å². The van der Waals surface area contributed by atoms with Gasteiger partial charge in [0.25, 0.3) is 5.91 Å². The highest BCUT2D eigenvalue weighted by molar-refractivity contribution is 5.96. The van der Waals surface area contributed by atoms with E-state index in [1.54, 1.807) is 12.2 Å². The summed E-state index contributed by atoms with van der Waals surface area (Å²) in [5.74, 6) is -0.780. The minimum Gasteiger partial charge on any atom is -0.349 e. The van der Waals surface area contributed by atoms with Gasteiger partial charge in [-0.25, -0.2) is 0 Å². The number of carbonyl (C=O) groups is 3. The highest BCUT2D eigenvalue weighted by Crippen LogP contribution is 2.54. The number of allylic oxidation sites excluding steroid dienone is 3. The summed E-state index contributed by atoms with van der Waals surface area (Å²) in [6, 6.07) is -0.194. The Labute approximate surface area is 176 Å². The molecule has 1 aliphatic carbocycles. The lowest BCUT2D eigenvalue weighted by molar-refractivity contribution is -0.148. The molecule has 0 heterocycles. The molecule has 1 fully saturated rings. The molecule has 4 nitrogen and oxygen atoms in total. The third-order valence-electron chi connectivity index (χ3n) is 6.53. The third kappa shape index (κ3) is 5.55. The van der Waals surface area contributed by atoms with E-state index in [2.05, 4.69) is 25.7 Å². The molecule has 0 aromatic carbocycles. The molecule has 4 heteroatoms. The van der Waals surface area contributed by atoms with Crippen molar-refractivity contribution in [2.45, 2.75) is 79.7 Å². The number of nitrogens with one attached hydrogen (secondary N) is 1. The van der Waals surface area contributed by atoms with Gasteiger partial charge in [0.05, 0.1) is 0 Å². The lowest BCUT2D eigenvalue weighted by atomic mass is 9.50. The molecule has 1 N–H and O–H groups in total. The number of amides is 1. The summed E-state index contributed by atoms with van der Waals surface area (Å²) in [5, 5.41) is 3.20. The molecule has 0 spiro atoms. The van der Waals surface area contributed by atoms with Crippen LogP contribution in [0.4, 0.5) is 0 Å². The molecule has 0 bridgehead atoms. The summed E-state index contributed by atoms with van der Waals surface area (Å²) in [7, 11) is 0. The Balaban J connectivity index is 3.43. The highest BCUT2D eigenvalue weighted by atomic mass is 16.2. The molecular formula is C25H39NO3. The van der Waals surface area contributed by atoms with E-state index in [9.17, 15) is 14.4 Å². The van der Waals surface area contributed by atoms with Crippen LogP contribution in [-0.4, -0.2) is 24.0 Å². The molecule has 3 unspecified atom stereocenters. The predicted octanol–water partition coefficient (Wildman–Crippen LogP) is 5.20. The van der Waals surface area contributed by atoms with Crippen LogP contribution >= 0.6 is 0 Å². The lowest BCUT2D eigenvalue weighted by Gasteiger charge is -2.55. The molecule has 1 rings (SSSR count). The van der Waals surface area contributed by atoms with E-state index in [1.165, 1.54) is 0 Å². The van der Waals surface area contributed by atoms with Crippen molar-refractivity contribution in [3.8, 4) is 0 Å². The summed E-state index contributed by atoms with van der Waals surface area (Å²) in [6.07, 6.45) is 11.5. The first kappa shape index (κ1) is 25.1. The number of aldehydes is 1. The van der Waals surface area contributed by atoms with Crippen molar-refractivity contribution in [2.24, 2.45) is 22.7 Å². The van der Waals surface area contributed by atoms with Crippen molar-refractivity contribution in [1.29, 1.82) is 0 Å². The molecule has 4 atom stereocenters. The average Bonchev–Trinajstić information content (AvgIpc) is 2.65. The fraction of sp³-hybridized carbons (Fsp3) is 0.640. The van der Waals surface area contributed by atoms with Crippen LogP contribution in [0.25, 0.3) is 0 Å². The van der Waals surface area contributed by atoms with Crippen molar-refractivity contribution in [3.63, 3.8) is 0 Å². The number of carbonyl (C=O) groups excluding carboxylic acids is 3. The molecule has 1 amide bonds. The fourth-order valence-corrected chi connectivity index (χ4v) is 4.97. The second kappa shape index (κ2) is 10.7. The van der Waals surface area contributed by atoms with Crippen LogP contribution < -0.4 is 5.32 Å². The van der Waals surface area contributed by atoms with Gasteiger partial charge < -0.3 is 10.1 Å². The quantitative estimate of drug-likeness (QED) is 0.311. The highest BCUT2D eigenvalue weighted by Gasteiger charge is 2.57. The third-order valence-corrected chi connectivity index (χ3v) is 6.53. The number of hydrogen-bond donors (Lipinski definition) is 1.